The third-order valence-electron chi connectivity index (χ3n) is 2.93. The third kappa shape index (κ3) is 2.75. The van der Waals surface area contributed by atoms with Crippen molar-refractivity contribution >= 4 is 21.9 Å². The van der Waals surface area contributed by atoms with Gasteiger partial charge in [0.15, 0.2) is 0 Å². The van der Waals surface area contributed by atoms with Crippen LogP contribution in [-0.2, 0) is 19.6 Å². The summed E-state index contributed by atoms with van der Waals surface area (Å²) in [5, 5.41) is 11.3. The van der Waals surface area contributed by atoms with Gasteiger partial charge in [-0.15, -0.1) is 0 Å². The number of rotatable bonds is 4. The second-order valence-corrected chi connectivity index (χ2v) is 6.39. The van der Waals surface area contributed by atoms with E-state index in [1.807, 2.05) is 0 Å². The Hall–Kier alpha value is -1.15. The summed E-state index contributed by atoms with van der Waals surface area (Å²) in [6.45, 7) is -0.565. The molecule has 96 valence electrons. The van der Waals surface area contributed by atoms with Crippen LogP contribution >= 0.6 is 0 Å². The minimum Gasteiger partial charge on any atom is -0.480 e. The van der Waals surface area contributed by atoms with Crippen molar-refractivity contribution in [2.24, 2.45) is 5.92 Å². The highest BCUT2D eigenvalue weighted by Gasteiger charge is 2.41. The monoisotopic (exact) mass is 262 g/mol. The summed E-state index contributed by atoms with van der Waals surface area (Å²) in [5.41, 5.74) is 0. The second kappa shape index (κ2) is 4.26. The van der Waals surface area contributed by atoms with Gasteiger partial charge in [0.2, 0.25) is 15.9 Å². The van der Waals surface area contributed by atoms with E-state index in [2.05, 4.69) is 5.32 Å². The molecular weight excluding hydrogens is 248 g/mol. The van der Waals surface area contributed by atoms with E-state index in [9.17, 15) is 18.0 Å². The van der Waals surface area contributed by atoms with Gasteiger partial charge in [0, 0.05) is 6.54 Å². The number of sulfonamides is 1. The van der Waals surface area contributed by atoms with Gasteiger partial charge in [-0.25, -0.2) is 8.42 Å². The van der Waals surface area contributed by atoms with E-state index in [0.29, 0.717) is 0 Å². The Morgan fingerprint density at radius 2 is 2.12 bits per heavy atom. The molecule has 8 heteroatoms. The Balaban J connectivity index is 2.18. The molecule has 0 bridgehead atoms. The maximum absolute atomic E-state index is 12.0. The zero-order valence-electron chi connectivity index (χ0n) is 9.13. The standard InChI is InChI=1S/C9H14N2O5S/c12-8-4-11(7(3-10-8)9(13)14)17(15,16)5-6-1-2-6/h6-7H,1-5H2,(H,10,12)(H,13,14). The van der Waals surface area contributed by atoms with Gasteiger partial charge >= 0.3 is 5.97 Å². The van der Waals surface area contributed by atoms with Gasteiger partial charge in [0.05, 0.1) is 12.3 Å². The number of carboxylic acid groups (broad SMARTS) is 1. The lowest BCUT2D eigenvalue weighted by atomic mass is 10.2. The van der Waals surface area contributed by atoms with Crippen molar-refractivity contribution in [2.75, 3.05) is 18.8 Å². The predicted molar refractivity (Wildman–Crippen MR) is 57.7 cm³/mol. The molecule has 1 unspecified atom stereocenters. The predicted octanol–water partition coefficient (Wildman–Crippen LogP) is -1.39. The normalized spacial score (nSPS) is 26.6. The van der Waals surface area contributed by atoms with Crippen LogP contribution in [0.15, 0.2) is 0 Å². The van der Waals surface area contributed by atoms with Crippen molar-refractivity contribution in [1.82, 2.24) is 9.62 Å². The van der Waals surface area contributed by atoms with Crippen LogP contribution in [0.25, 0.3) is 0 Å². The molecule has 1 saturated heterocycles. The van der Waals surface area contributed by atoms with Crippen LogP contribution in [0.5, 0.6) is 0 Å². The molecule has 0 radical (unpaired) electrons. The second-order valence-electron chi connectivity index (χ2n) is 4.43. The first-order valence-corrected chi connectivity index (χ1v) is 7.00. The van der Waals surface area contributed by atoms with E-state index in [1.165, 1.54) is 0 Å². The van der Waals surface area contributed by atoms with Crippen molar-refractivity contribution < 1.29 is 23.1 Å². The highest BCUT2D eigenvalue weighted by molar-refractivity contribution is 7.89. The molecule has 17 heavy (non-hydrogen) atoms. The minimum atomic E-state index is -3.66. The Kier molecular flexibility index (Phi) is 3.09. The molecule has 7 nitrogen and oxygen atoms in total. The van der Waals surface area contributed by atoms with E-state index in [1.54, 1.807) is 0 Å². The lowest BCUT2D eigenvalue weighted by Gasteiger charge is -2.31. The molecule has 1 aliphatic carbocycles. The van der Waals surface area contributed by atoms with E-state index in [0.717, 1.165) is 17.1 Å². The number of hydrogen-bond acceptors (Lipinski definition) is 4. The van der Waals surface area contributed by atoms with Crippen molar-refractivity contribution in [1.29, 1.82) is 0 Å². The third-order valence-corrected chi connectivity index (χ3v) is 4.92. The lowest BCUT2D eigenvalue weighted by molar-refractivity contribution is -0.143. The molecule has 1 saturated carbocycles. The van der Waals surface area contributed by atoms with Crippen molar-refractivity contribution in [3.63, 3.8) is 0 Å². The summed E-state index contributed by atoms with van der Waals surface area (Å²) < 4.78 is 24.8. The topological polar surface area (TPSA) is 104 Å². The molecule has 1 aliphatic heterocycles. The van der Waals surface area contributed by atoms with Crippen LogP contribution < -0.4 is 5.32 Å². The van der Waals surface area contributed by atoms with Crippen LogP contribution in [0.2, 0.25) is 0 Å². The van der Waals surface area contributed by atoms with Crippen LogP contribution in [0, 0.1) is 5.92 Å². The van der Waals surface area contributed by atoms with E-state index in [4.69, 9.17) is 5.11 Å². The maximum atomic E-state index is 12.0. The van der Waals surface area contributed by atoms with Gasteiger partial charge < -0.3 is 10.4 Å². The minimum absolute atomic E-state index is 0.0515. The molecule has 0 aromatic rings. The quantitative estimate of drug-likeness (QED) is 0.649. The number of aliphatic carboxylic acids is 1. The summed E-state index contributed by atoms with van der Waals surface area (Å²) in [5.74, 6) is -1.62. The average Bonchev–Trinajstić information content (AvgIpc) is 3.00. The summed E-state index contributed by atoms with van der Waals surface area (Å²) in [6.07, 6.45) is 1.72. The van der Waals surface area contributed by atoms with Gasteiger partial charge in [-0.1, -0.05) is 0 Å². The lowest BCUT2D eigenvalue weighted by Crippen LogP contribution is -2.59. The molecule has 2 rings (SSSR count). The molecular formula is C9H14N2O5S. The van der Waals surface area contributed by atoms with Crippen LogP contribution in [0.4, 0.5) is 0 Å². The molecule has 0 spiro atoms. The van der Waals surface area contributed by atoms with Gasteiger partial charge in [0.1, 0.15) is 6.04 Å². The number of nitrogens with zero attached hydrogens (tertiary/aromatic N) is 1. The highest BCUT2D eigenvalue weighted by Crippen LogP contribution is 2.31. The summed E-state index contributed by atoms with van der Waals surface area (Å²) in [7, 11) is -3.66. The molecule has 1 atom stereocenters. The van der Waals surface area contributed by atoms with Crippen molar-refractivity contribution in [2.45, 2.75) is 18.9 Å². The van der Waals surface area contributed by atoms with Crippen molar-refractivity contribution in [3.8, 4) is 0 Å². The van der Waals surface area contributed by atoms with Crippen molar-refractivity contribution in [3.05, 3.63) is 0 Å². The Morgan fingerprint density at radius 1 is 1.47 bits per heavy atom. The van der Waals surface area contributed by atoms with Gasteiger partial charge in [-0.2, -0.15) is 4.31 Å². The number of carbonyl (C=O) groups is 2. The fourth-order valence-corrected chi connectivity index (χ4v) is 3.79. The number of amides is 1. The first-order chi connectivity index (χ1) is 7.90. The molecule has 0 aromatic heterocycles. The molecule has 2 N–H and O–H groups in total. The average molecular weight is 262 g/mol. The smallest absolute Gasteiger partial charge is 0.323 e. The Labute approximate surface area is 98.8 Å². The molecule has 2 aliphatic rings. The zero-order chi connectivity index (χ0) is 12.6. The van der Waals surface area contributed by atoms with Crippen LogP contribution in [0.3, 0.4) is 0 Å². The summed E-state index contributed by atoms with van der Waals surface area (Å²) >= 11 is 0. The molecule has 1 amide bonds. The first-order valence-electron chi connectivity index (χ1n) is 5.39. The maximum Gasteiger partial charge on any atom is 0.323 e. The molecule has 1 heterocycles. The number of nitrogens with one attached hydrogen (secondary N) is 1. The fraction of sp³-hybridized carbons (Fsp3) is 0.778. The van der Waals surface area contributed by atoms with Gasteiger partial charge in [-0.05, 0) is 18.8 Å². The Morgan fingerprint density at radius 3 is 2.65 bits per heavy atom. The number of piperazine rings is 1. The first kappa shape index (κ1) is 12.3. The largest absolute Gasteiger partial charge is 0.480 e. The summed E-state index contributed by atoms with van der Waals surface area (Å²) in [6, 6.07) is -1.18. The van der Waals surface area contributed by atoms with Crippen LogP contribution in [0.1, 0.15) is 12.8 Å². The molecule has 0 aromatic carbocycles. The highest BCUT2D eigenvalue weighted by atomic mass is 32.2. The van der Waals surface area contributed by atoms with E-state index >= 15 is 0 Å². The number of hydrogen-bond donors (Lipinski definition) is 2. The Bertz CT molecular complexity index is 442. The summed E-state index contributed by atoms with van der Waals surface area (Å²) in [4.78, 5) is 22.1. The van der Waals surface area contributed by atoms with E-state index < -0.39 is 34.5 Å². The molecule has 2 fully saturated rings. The number of carbonyl (C=O) groups excluding carboxylic acids is 1. The fourth-order valence-electron chi connectivity index (χ4n) is 1.80. The van der Waals surface area contributed by atoms with Gasteiger partial charge in [0.25, 0.3) is 0 Å². The van der Waals surface area contributed by atoms with E-state index in [-0.39, 0.29) is 18.2 Å². The SMILES string of the molecule is O=C1CN(S(=O)(=O)CC2CC2)C(C(=O)O)CN1. The van der Waals surface area contributed by atoms with Crippen LogP contribution in [-0.4, -0.2) is 54.6 Å². The number of carboxylic acids is 1. The zero-order valence-corrected chi connectivity index (χ0v) is 9.94. The van der Waals surface area contributed by atoms with Gasteiger partial charge in [-0.3, -0.25) is 9.59 Å².